The molecule has 0 aromatic carbocycles. The smallest absolute Gasteiger partial charge is 0.194 e. The highest BCUT2D eigenvalue weighted by molar-refractivity contribution is 14.0. The maximum absolute atomic E-state index is 4.87. The zero-order chi connectivity index (χ0) is 18.4. The fraction of sp³-hybridized carbons (Fsp3) is 0.611. The molecule has 146 valence electrons. The molecule has 0 aliphatic rings. The Kier molecular flexibility index (Phi) is 9.11. The molecule has 1 N–H and O–H groups in total. The number of nitrogens with one attached hydrogen (secondary N) is 1. The van der Waals surface area contributed by atoms with Crippen molar-refractivity contribution < 1.29 is 0 Å². The molecule has 8 heteroatoms. The van der Waals surface area contributed by atoms with Crippen molar-refractivity contribution in [2.75, 3.05) is 13.6 Å². The fourth-order valence-electron chi connectivity index (χ4n) is 3.10. The summed E-state index contributed by atoms with van der Waals surface area (Å²) in [4.78, 5) is 7.00. The van der Waals surface area contributed by atoms with Gasteiger partial charge in [0.05, 0.1) is 18.4 Å². The van der Waals surface area contributed by atoms with E-state index in [4.69, 9.17) is 4.99 Å². The van der Waals surface area contributed by atoms with Crippen LogP contribution in [0.25, 0.3) is 0 Å². The standard InChI is InChI=1S/C18H31N7.HI/c1-7-16-15(17(8-2)25(6)22-16)11-20-18(19-9-3)23(4)12-14-10-21-24(5)13-14;/h10,13H,7-9,11-12H2,1-6H3,(H,19,20);1H. The molecule has 0 bridgehead atoms. The Bertz CT molecular complexity index is 717. The van der Waals surface area contributed by atoms with Crippen LogP contribution in [0.2, 0.25) is 0 Å². The second kappa shape index (κ2) is 10.5. The molecule has 2 aromatic heterocycles. The minimum atomic E-state index is 0. The number of nitrogens with zero attached hydrogens (tertiary/aromatic N) is 6. The van der Waals surface area contributed by atoms with Gasteiger partial charge in [-0.05, 0) is 19.8 Å². The summed E-state index contributed by atoms with van der Waals surface area (Å²) in [5, 5.41) is 12.3. The van der Waals surface area contributed by atoms with E-state index in [0.717, 1.165) is 37.6 Å². The fourth-order valence-corrected chi connectivity index (χ4v) is 3.10. The van der Waals surface area contributed by atoms with Crippen LogP contribution in [0.4, 0.5) is 0 Å². The van der Waals surface area contributed by atoms with Gasteiger partial charge in [0.15, 0.2) is 5.96 Å². The first-order valence-corrected chi connectivity index (χ1v) is 9.00. The van der Waals surface area contributed by atoms with E-state index < -0.39 is 0 Å². The lowest BCUT2D eigenvalue weighted by atomic mass is 10.1. The number of aryl methyl sites for hydroxylation is 3. The van der Waals surface area contributed by atoms with Gasteiger partial charge in [-0.2, -0.15) is 10.2 Å². The SMILES string of the molecule is CCNC(=NCc1c(CC)nn(C)c1CC)N(C)Cc1cnn(C)c1.I. The molecule has 7 nitrogen and oxygen atoms in total. The lowest BCUT2D eigenvalue weighted by Crippen LogP contribution is -2.38. The third-order valence-corrected chi connectivity index (χ3v) is 4.29. The number of guanidine groups is 1. The van der Waals surface area contributed by atoms with E-state index in [1.165, 1.54) is 16.8 Å². The molecule has 2 heterocycles. The van der Waals surface area contributed by atoms with Crippen molar-refractivity contribution in [3.05, 3.63) is 34.9 Å². The van der Waals surface area contributed by atoms with Gasteiger partial charge in [0.2, 0.25) is 0 Å². The lowest BCUT2D eigenvalue weighted by Gasteiger charge is -2.21. The van der Waals surface area contributed by atoms with E-state index in [1.54, 1.807) is 0 Å². The molecular formula is C18H32IN7. The van der Waals surface area contributed by atoms with Crippen LogP contribution in [-0.2, 0) is 40.0 Å². The van der Waals surface area contributed by atoms with Crippen LogP contribution in [-0.4, -0.2) is 44.0 Å². The molecule has 0 amide bonds. The van der Waals surface area contributed by atoms with Crippen molar-refractivity contribution in [2.45, 2.75) is 46.7 Å². The third kappa shape index (κ3) is 5.46. The van der Waals surface area contributed by atoms with Crippen LogP contribution in [0.3, 0.4) is 0 Å². The lowest BCUT2D eigenvalue weighted by molar-refractivity contribution is 0.476. The van der Waals surface area contributed by atoms with Gasteiger partial charge < -0.3 is 10.2 Å². The van der Waals surface area contributed by atoms with Crippen molar-refractivity contribution >= 4 is 29.9 Å². The van der Waals surface area contributed by atoms with Crippen molar-refractivity contribution in [1.29, 1.82) is 0 Å². The maximum atomic E-state index is 4.87. The van der Waals surface area contributed by atoms with Crippen molar-refractivity contribution in [2.24, 2.45) is 19.1 Å². The first kappa shape index (κ1) is 22.5. The highest BCUT2D eigenvalue weighted by atomic mass is 127. The predicted octanol–water partition coefficient (Wildman–Crippen LogP) is 2.49. The van der Waals surface area contributed by atoms with Gasteiger partial charge in [-0.3, -0.25) is 9.36 Å². The van der Waals surface area contributed by atoms with Crippen LogP contribution in [0.1, 0.15) is 43.3 Å². The van der Waals surface area contributed by atoms with E-state index in [9.17, 15) is 0 Å². The van der Waals surface area contributed by atoms with Crippen molar-refractivity contribution in [1.82, 2.24) is 29.8 Å². The zero-order valence-corrected chi connectivity index (χ0v) is 19.1. The summed E-state index contributed by atoms with van der Waals surface area (Å²) < 4.78 is 3.82. The molecule has 2 aromatic rings. The van der Waals surface area contributed by atoms with E-state index in [1.807, 2.05) is 35.9 Å². The number of rotatable bonds is 7. The summed E-state index contributed by atoms with van der Waals surface area (Å²) in [6.07, 6.45) is 5.83. The van der Waals surface area contributed by atoms with E-state index in [-0.39, 0.29) is 24.0 Å². The molecule has 0 saturated heterocycles. The zero-order valence-electron chi connectivity index (χ0n) is 16.8. The largest absolute Gasteiger partial charge is 0.357 e. The summed E-state index contributed by atoms with van der Waals surface area (Å²) >= 11 is 0. The Morgan fingerprint density at radius 3 is 2.50 bits per heavy atom. The second-order valence-electron chi connectivity index (χ2n) is 6.25. The summed E-state index contributed by atoms with van der Waals surface area (Å²) in [7, 11) is 6.01. The average molecular weight is 473 g/mol. The summed E-state index contributed by atoms with van der Waals surface area (Å²) in [6, 6.07) is 0. The van der Waals surface area contributed by atoms with Gasteiger partial charge in [0.1, 0.15) is 0 Å². The average Bonchev–Trinajstić information content (AvgIpc) is 3.13. The second-order valence-corrected chi connectivity index (χ2v) is 6.25. The van der Waals surface area contributed by atoms with Gasteiger partial charge in [0.25, 0.3) is 0 Å². The Labute approximate surface area is 173 Å². The molecule has 0 saturated carbocycles. The summed E-state index contributed by atoms with van der Waals surface area (Å²) in [5.41, 5.74) is 4.85. The van der Waals surface area contributed by atoms with E-state index in [2.05, 4.69) is 48.2 Å². The van der Waals surface area contributed by atoms with Crippen molar-refractivity contribution in [3.8, 4) is 0 Å². The Balaban J connectivity index is 0.00000338. The number of aromatic nitrogens is 4. The molecule has 0 aliphatic carbocycles. The van der Waals surface area contributed by atoms with Crippen LogP contribution in [0.15, 0.2) is 17.4 Å². The number of aliphatic imine (C=N–C) groups is 1. The van der Waals surface area contributed by atoms with Crippen LogP contribution < -0.4 is 5.32 Å². The molecule has 0 fully saturated rings. The van der Waals surface area contributed by atoms with Crippen LogP contribution in [0.5, 0.6) is 0 Å². The molecule has 0 radical (unpaired) electrons. The Hall–Kier alpha value is -1.58. The highest BCUT2D eigenvalue weighted by Crippen LogP contribution is 2.17. The third-order valence-electron chi connectivity index (χ3n) is 4.29. The van der Waals surface area contributed by atoms with Gasteiger partial charge in [-0.1, -0.05) is 13.8 Å². The maximum Gasteiger partial charge on any atom is 0.194 e. The minimum absolute atomic E-state index is 0. The normalized spacial score (nSPS) is 11.4. The number of hydrogen-bond acceptors (Lipinski definition) is 3. The molecule has 0 atom stereocenters. The van der Waals surface area contributed by atoms with Crippen LogP contribution in [0, 0.1) is 0 Å². The highest BCUT2D eigenvalue weighted by Gasteiger charge is 2.14. The topological polar surface area (TPSA) is 63.3 Å². The molecule has 26 heavy (non-hydrogen) atoms. The van der Waals surface area contributed by atoms with Gasteiger partial charge >= 0.3 is 0 Å². The van der Waals surface area contributed by atoms with Gasteiger partial charge in [-0.15, -0.1) is 24.0 Å². The van der Waals surface area contributed by atoms with Crippen molar-refractivity contribution in [3.63, 3.8) is 0 Å². The first-order valence-electron chi connectivity index (χ1n) is 9.00. The predicted molar refractivity (Wildman–Crippen MR) is 117 cm³/mol. The summed E-state index contributed by atoms with van der Waals surface area (Å²) in [5.74, 6) is 0.902. The van der Waals surface area contributed by atoms with Gasteiger partial charge in [0, 0.05) is 57.3 Å². The first-order chi connectivity index (χ1) is 12.0. The molecule has 0 unspecified atom stereocenters. The van der Waals surface area contributed by atoms with E-state index in [0.29, 0.717) is 6.54 Å². The monoisotopic (exact) mass is 473 g/mol. The summed E-state index contributed by atoms with van der Waals surface area (Å²) in [6.45, 7) is 8.67. The molecule has 0 aliphatic heterocycles. The number of halogens is 1. The quantitative estimate of drug-likeness (QED) is 0.382. The molecule has 0 spiro atoms. The Morgan fingerprint density at radius 2 is 1.96 bits per heavy atom. The minimum Gasteiger partial charge on any atom is -0.357 e. The molecule has 2 rings (SSSR count). The number of hydrogen-bond donors (Lipinski definition) is 1. The van der Waals surface area contributed by atoms with Crippen LogP contribution >= 0.6 is 24.0 Å². The van der Waals surface area contributed by atoms with E-state index >= 15 is 0 Å². The van der Waals surface area contributed by atoms with Gasteiger partial charge in [-0.25, -0.2) is 4.99 Å². The molecular weight excluding hydrogens is 441 g/mol. The Morgan fingerprint density at radius 1 is 1.23 bits per heavy atom.